The van der Waals surface area contributed by atoms with Crippen LogP contribution in [0.25, 0.3) is 10.9 Å². The van der Waals surface area contributed by atoms with Gasteiger partial charge in [0, 0.05) is 12.5 Å². The summed E-state index contributed by atoms with van der Waals surface area (Å²) < 4.78 is 12.5. The van der Waals surface area contributed by atoms with Crippen molar-refractivity contribution in [1.82, 2.24) is 25.2 Å². The van der Waals surface area contributed by atoms with Crippen LogP contribution in [-0.4, -0.2) is 65.2 Å². The number of quaternary nitrogens is 1. The van der Waals surface area contributed by atoms with Gasteiger partial charge in [0.15, 0.2) is 6.04 Å². The summed E-state index contributed by atoms with van der Waals surface area (Å²) in [6, 6.07) is 5.85. The number of aryl methyl sites for hydroxylation is 2. The molecule has 9 nitrogen and oxygen atoms in total. The summed E-state index contributed by atoms with van der Waals surface area (Å²) in [5.41, 5.74) is 3.63. The summed E-state index contributed by atoms with van der Waals surface area (Å²) in [5, 5.41) is 13.4. The number of hydrogen-bond acceptors (Lipinski definition) is 6. The summed E-state index contributed by atoms with van der Waals surface area (Å²) in [7, 11) is 1.65. The fourth-order valence-electron chi connectivity index (χ4n) is 4.02. The smallest absolute Gasteiger partial charge is 0.258 e. The SMILES string of the molecule is COCCn1nnnc1[C@@H](c1cc2c(C)ccc(C)c2[nH]c1=O)[NH+]1CCOCC1. The Bertz CT molecular complexity index is 1050. The third-order valence-electron chi connectivity index (χ3n) is 5.65. The number of H-pyrrole nitrogens is 1. The largest absolute Gasteiger partial charge is 0.383 e. The molecular weight excluding hydrogens is 372 g/mol. The number of benzene rings is 1. The molecule has 0 radical (unpaired) electrons. The van der Waals surface area contributed by atoms with Crippen LogP contribution < -0.4 is 10.5 Å². The second-order valence-electron chi connectivity index (χ2n) is 7.50. The topological polar surface area (TPSA) is 99.4 Å². The van der Waals surface area contributed by atoms with Gasteiger partial charge in [0.05, 0.1) is 37.4 Å². The van der Waals surface area contributed by atoms with Crippen molar-refractivity contribution in [2.45, 2.75) is 26.4 Å². The van der Waals surface area contributed by atoms with E-state index < -0.39 is 0 Å². The number of tetrazole rings is 1. The fourth-order valence-corrected chi connectivity index (χ4v) is 4.02. The quantitative estimate of drug-likeness (QED) is 0.595. The van der Waals surface area contributed by atoms with Gasteiger partial charge in [-0.3, -0.25) is 4.79 Å². The predicted octanol–water partition coefficient (Wildman–Crippen LogP) is -0.218. The maximum Gasteiger partial charge on any atom is 0.258 e. The molecular formula is C20H27N6O3+. The highest BCUT2D eigenvalue weighted by atomic mass is 16.5. The number of morpholine rings is 1. The first kappa shape index (κ1) is 19.7. The van der Waals surface area contributed by atoms with Gasteiger partial charge in [-0.2, -0.15) is 0 Å². The Morgan fingerprint density at radius 1 is 1.28 bits per heavy atom. The van der Waals surface area contributed by atoms with Crippen molar-refractivity contribution < 1.29 is 14.4 Å². The highest BCUT2D eigenvalue weighted by Gasteiger charge is 2.35. The third-order valence-corrected chi connectivity index (χ3v) is 5.65. The minimum atomic E-state index is -0.279. The molecule has 9 heteroatoms. The summed E-state index contributed by atoms with van der Waals surface area (Å²) in [6.45, 7) is 7.96. The van der Waals surface area contributed by atoms with Crippen molar-refractivity contribution >= 4 is 10.9 Å². The summed E-state index contributed by atoms with van der Waals surface area (Å²) >= 11 is 0. The van der Waals surface area contributed by atoms with Gasteiger partial charge in [-0.15, -0.1) is 5.10 Å². The van der Waals surface area contributed by atoms with Crippen molar-refractivity contribution in [3.8, 4) is 0 Å². The molecule has 3 aromatic rings. The number of aromatic nitrogens is 5. The van der Waals surface area contributed by atoms with Crippen molar-refractivity contribution in [1.29, 1.82) is 0 Å². The first-order valence-electron chi connectivity index (χ1n) is 9.90. The molecule has 0 saturated carbocycles. The molecule has 0 aliphatic carbocycles. The molecule has 0 unspecified atom stereocenters. The van der Waals surface area contributed by atoms with Gasteiger partial charge in [0.1, 0.15) is 13.1 Å². The van der Waals surface area contributed by atoms with Crippen LogP contribution in [0.1, 0.15) is 28.6 Å². The molecule has 3 heterocycles. The van der Waals surface area contributed by atoms with Crippen LogP contribution in [0.2, 0.25) is 0 Å². The Morgan fingerprint density at radius 3 is 2.79 bits per heavy atom. The lowest BCUT2D eigenvalue weighted by Gasteiger charge is -2.30. The van der Waals surface area contributed by atoms with Crippen LogP contribution in [0, 0.1) is 13.8 Å². The van der Waals surface area contributed by atoms with E-state index in [2.05, 4.69) is 33.5 Å². The molecule has 2 aromatic heterocycles. The molecule has 1 aliphatic heterocycles. The number of fused-ring (bicyclic) bond motifs is 1. The summed E-state index contributed by atoms with van der Waals surface area (Å²) in [6.07, 6.45) is 0. The van der Waals surface area contributed by atoms with E-state index in [1.807, 2.05) is 19.1 Å². The maximum atomic E-state index is 13.2. The van der Waals surface area contributed by atoms with Crippen molar-refractivity contribution in [3.05, 3.63) is 51.1 Å². The maximum absolute atomic E-state index is 13.2. The lowest BCUT2D eigenvalue weighted by atomic mass is 9.99. The second-order valence-corrected chi connectivity index (χ2v) is 7.50. The van der Waals surface area contributed by atoms with Gasteiger partial charge in [-0.1, -0.05) is 12.1 Å². The van der Waals surface area contributed by atoms with Crippen LogP contribution >= 0.6 is 0 Å². The van der Waals surface area contributed by atoms with E-state index in [0.29, 0.717) is 37.8 Å². The van der Waals surface area contributed by atoms with Gasteiger partial charge in [-0.05, 0) is 41.5 Å². The zero-order valence-electron chi connectivity index (χ0n) is 17.1. The normalized spacial score (nSPS) is 16.4. The monoisotopic (exact) mass is 399 g/mol. The van der Waals surface area contributed by atoms with Crippen molar-refractivity contribution in [3.63, 3.8) is 0 Å². The molecule has 2 N–H and O–H groups in total. The minimum absolute atomic E-state index is 0.100. The molecule has 1 aromatic carbocycles. The summed E-state index contributed by atoms with van der Waals surface area (Å²) in [5.74, 6) is 0.675. The number of nitrogens with zero attached hydrogens (tertiary/aromatic N) is 4. The molecule has 1 aliphatic rings. The number of pyridine rings is 1. The Morgan fingerprint density at radius 2 is 2.03 bits per heavy atom. The molecule has 0 spiro atoms. The third kappa shape index (κ3) is 3.81. The van der Waals surface area contributed by atoms with Gasteiger partial charge >= 0.3 is 0 Å². The molecule has 154 valence electrons. The van der Waals surface area contributed by atoms with E-state index in [9.17, 15) is 4.79 Å². The first-order valence-corrected chi connectivity index (χ1v) is 9.90. The summed E-state index contributed by atoms with van der Waals surface area (Å²) in [4.78, 5) is 17.5. The minimum Gasteiger partial charge on any atom is -0.383 e. The van der Waals surface area contributed by atoms with Crippen LogP contribution in [-0.2, 0) is 16.0 Å². The lowest BCUT2D eigenvalue weighted by molar-refractivity contribution is -0.933. The Kier molecular flexibility index (Phi) is 5.70. The van der Waals surface area contributed by atoms with Crippen LogP contribution in [0.15, 0.2) is 23.0 Å². The molecule has 1 saturated heterocycles. The Labute approximate surface area is 168 Å². The van der Waals surface area contributed by atoms with Crippen LogP contribution in [0.3, 0.4) is 0 Å². The Hall–Kier alpha value is -2.62. The number of aromatic amines is 1. The fraction of sp³-hybridized carbons (Fsp3) is 0.500. The average Bonchev–Trinajstić information content (AvgIpc) is 3.19. The average molecular weight is 399 g/mol. The van der Waals surface area contributed by atoms with Crippen LogP contribution in [0.5, 0.6) is 0 Å². The highest BCUT2D eigenvalue weighted by molar-refractivity contribution is 5.85. The first-order chi connectivity index (χ1) is 14.1. The molecule has 1 fully saturated rings. The standard InChI is InChI=1S/C20H26N6O3/c1-13-4-5-14(2)17-15(13)12-16(20(27)21-17)18(25-6-10-29-11-7-25)19-22-23-24-26(19)8-9-28-3/h4-5,12,18H,6-11H2,1-3H3,(H,21,27)/p+1/t18-/m1/s1. The van der Waals surface area contributed by atoms with E-state index in [1.165, 1.54) is 4.90 Å². The van der Waals surface area contributed by atoms with E-state index in [1.54, 1.807) is 11.8 Å². The number of nitrogens with one attached hydrogen (secondary N) is 2. The zero-order valence-corrected chi connectivity index (χ0v) is 17.1. The molecule has 4 rings (SSSR count). The molecule has 0 bridgehead atoms. The van der Waals surface area contributed by atoms with Gasteiger partial charge in [0.25, 0.3) is 5.56 Å². The number of rotatable bonds is 6. The number of ether oxygens (including phenoxy) is 2. The second kappa shape index (κ2) is 8.40. The van der Waals surface area contributed by atoms with Crippen molar-refractivity contribution in [2.24, 2.45) is 0 Å². The van der Waals surface area contributed by atoms with Gasteiger partial charge < -0.3 is 19.4 Å². The van der Waals surface area contributed by atoms with E-state index in [0.717, 1.165) is 35.1 Å². The predicted molar refractivity (Wildman–Crippen MR) is 107 cm³/mol. The molecule has 0 amide bonds. The number of methoxy groups -OCH3 is 1. The Balaban J connectivity index is 1.88. The zero-order chi connectivity index (χ0) is 20.4. The van der Waals surface area contributed by atoms with E-state index >= 15 is 0 Å². The lowest BCUT2D eigenvalue weighted by Crippen LogP contribution is -3.14. The number of hydrogen-bond donors (Lipinski definition) is 2. The van der Waals surface area contributed by atoms with Crippen molar-refractivity contribution in [2.75, 3.05) is 40.0 Å². The van der Waals surface area contributed by atoms with E-state index in [4.69, 9.17) is 9.47 Å². The van der Waals surface area contributed by atoms with Crippen LogP contribution in [0.4, 0.5) is 0 Å². The van der Waals surface area contributed by atoms with Gasteiger partial charge in [-0.25, -0.2) is 4.68 Å². The highest BCUT2D eigenvalue weighted by Crippen LogP contribution is 2.23. The van der Waals surface area contributed by atoms with E-state index in [-0.39, 0.29) is 11.6 Å². The van der Waals surface area contributed by atoms with Gasteiger partial charge in [0.2, 0.25) is 5.82 Å². The molecule has 29 heavy (non-hydrogen) atoms. The molecule has 1 atom stereocenters.